The predicted molar refractivity (Wildman–Crippen MR) is 78.1 cm³/mol. The van der Waals surface area contributed by atoms with Gasteiger partial charge in [-0.2, -0.15) is 0 Å². The molecule has 0 saturated carbocycles. The molecule has 0 spiro atoms. The van der Waals surface area contributed by atoms with Gasteiger partial charge in [-0.3, -0.25) is 9.59 Å². The van der Waals surface area contributed by atoms with Crippen molar-refractivity contribution in [1.82, 2.24) is 5.06 Å². The molecule has 1 heterocycles. The summed E-state index contributed by atoms with van der Waals surface area (Å²) in [7, 11) is 7.94. The van der Waals surface area contributed by atoms with Crippen LogP contribution in [0.5, 0.6) is 0 Å². The first-order chi connectivity index (χ1) is 7.88. The summed E-state index contributed by atoms with van der Waals surface area (Å²) in [5, 5.41) is 0.567. The zero-order valence-electron chi connectivity index (χ0n) is 9.59. The van der Waals surface area contributed by atoms with Crippen molar-refractivity contribution >= 4 is 51.6 Å². The molecular weight excluding hydrogens is 298 g/mol. The summed E-state index contributed by atoms with van der Waals surface area (Å²) in [5.41, 5.74) is 0. The van der Waals surface area contributed by atoms with Crippen LogP contribution in [0.25, 0.3) is 0 Å². The van der Waals surface area contributed by atoms with Crippen molar-refractivity contribution in [3.63, 3.8) is 0 Å². The molecule has 0 aliphatic carbocycles. The average molecular weight is 315 g/mol. The Kier molecular flexibility index (Phi) is 9.47. The van der Waals surface area contributed by atoms with E-state index in [9.17, 15) is 14.4 Å². The second-order valence-electron chi connectivity index (χ2n) is 3.24. The topological polar surface area (TPSA) is 63.7 Å². The van der Waals surface area contributed by atoms with E-state index in [0.29, 0.717) is 11.5 Å². The van der Waals surface area contributed by atoms with Crippen molar-refractivity contribution in [3.05, 3.63) is 0 Å². The Morgan fingerprint density at radius 3 is 2.06 bits per heavy atom. The minimum absolute atomic E-state index is 0.130. The fraction of sp³-hybridized carbons (Fsp3) is 0.625. The third-order valence-corrected chi connectivity index (χ3v) is 1.65. The molecule has 0 aromatic heterocycles. The molecule has 0 bridgehead atoms. The van der Waals surface area contributed by atoms with E-state index in [1.54, 1.807) is 0 Å². The number of hydrogen-bond donors (Lipinski definition) is 0. The molecular formula is C8H17NO4P4. The summed E-state index contributed by atoms with van der Waals surface area (Å²) in [6, 6.07) is 0. The van der Waals surface area contributed by atoms with Crippen LogP contribution in [-0.4, -0.2) is 22.8 Å². The minimum atomic E-state index is -0.536. The van der Waals surface area contributed by atoms with E-state index >= 15 is 0 Å². The highest BCUT2D eigenvalue weighted by atomic mass is 32.7. The molecule has 17 heavy (non-hydrogen) atoms. The Labute approximate surface area is 109 Å². The van der Waals surface area contributed by atoms with Crippen LogP contribution < -0.4 is 0 Å². The summed E-state index contributed by atoms with van der Waals surface area (Å²) in [5.74, 6) is -1.41. The lowest BCUT2D eigenvalue weighted by Gasteiger charge is -2.11. The molecule has 0 aromatic rings. The van der Waals surface area contributed by atoms with Gasteiger partial charge >= 0.3 is 5.97 Å². The lowest BCUT2D eigenvalue weighted by atomic mass is 10.3. The van der Waals surface area contributed by atoms with E-state index < -0.39 is 17.8 Å². The second-order valence-corrected chi connectivity index (χ2v) is 14.9. The van der Waals surface area contributed by atoms with Gasteiger partial charge in [-0.1, -0.05) is 6.92 Å². The van der Waals surface area contributed by atoms with Crippen LogP contribution in [-0.2, 0) is 19.2 Å². The highest BCUT2D eigenvalue weighted by molar-refractivity contribution is 8.65. The van der Waals surface area contributed by atoms with E-state index in [4.69, 9.17) is 0 Å². The van der Waals surface area contributed by atoms with Gasteiger partial charge in [0.15, 0.2) is 0 Å². The largest absolute Gasteiger partial charge is 0.333 e. The first kappa shape index (κ1) is 17.3. The standard InChI is InChI=1S/C8H11NO4.H6P4/c1-2-3-8(12)13-9-6(10)4-5-7(9)11;1-4(2)3/h2-5H2,1H3;1-3H2. The molecule has 3 unspecified atom stereocenters. The van der Waals surface area contributed by atoms with Crippen LogP contribution in [0.4, 0.5) is 0 Å². The molecule has 0 N–H and O–H groups in total. The SMILES string of the molecule is CCCC(=O)ON1C(=O)CCC1=O.PP(P)P. The van der Waals surface area contributed by atoms with Gasteiger partial charge in [0, 0.05) is 19.3 Å². The minimum Gasteiger partial charge on any atom is -0.330 e. The van der Waals surface area contributed by atoms with E-state index in [-0.39, 0.29) is 26.2 Å². The number of imide groups is 1. The van der Waals surface area contributed by atoms with Gasteiger partial charge < -0.3 is 4.84 Å². The first-order valence-corrected chi connectivity index (χ1v) is 11.2. The summed E-state index contributed by atoms with van der Waals surface area (Å²) in [4.78, 5) is 37.4. The van der Waals surface area contributed by atoms with Crippen molar-refractivity contribution in [2.75, 3.05) is 0 Å². The van der Waals surface area contributed by atoms with Gasteiger partial charge in [0.25, 0.3) is 11.8 Å². The Bertz CT molecular complexity index is 278. The summed E-state index contributed by atoms with van der Waals surface area (Å²) < 4.78 is 0. The molecule has 1 rings (SSSR count). The molecule has 5 nitrogen and oxygen atoms in total. The Morgan fingerprint density at radius 1 is 1.29 bits per heavy atom. The van der Waals surface area contributed by atoms with Gasteiger partial charge in [-0.25, -0.2) is 4.79 Å². The van der Waals surface area contributed by atoms with Crippen molar-refractivity contribution < 1.29 is 19.2 Å². The van der Waals surface area contributed by atoms with E-state index in [2.05, 4.69) is 31.6 Å². The van der Waals surface area contributed by atoms with Gasteiger partial charge in [0.05, 0.1) is 0 Å². The number of rotatable bonds is 3. The molecule has 2 amide bonds. The summed E-state index contributed by atoms with van der Waals surface area (Å²) in [6.45, 7) is 1.94. The molecule has 0 aromatic carbocycles. The Balaban J connectivity index is 0.000000557. The lowest BCUT2D eigenvalue weighted by molar-refractivity contribution is -0.197. The van der Waals surface area contributed by atoms with E-state index in [1.807, 2.05) is 6.92 Å². The molecule has 3 atom stereocenters. The van der Waals surface area contributed by atoms with Crippen LogP contribution in [0.3, 0.4) is 0 Å². The van der Waals surface area contributed by atoms with Crippen LogP contribution in [0, 0.1) is 0 Å². The van der Waals surface area contributed by atoms with Crippen LogP contribution in [0.1, 0.15) is 32.6 Å². The van der Waals surface area contributed by atoms with Crippen molar-refractivity contribution in [2.45, 2.75) is 32.6 Å². The maximum absolute atomic E-state index is 11.0. The smallest absolute Gasteiger partial charge is 0.330 e. The molecule has 1 fully saturated rings. The molecule has 1 saturated heterocycles. The quantitative estimate of drug-likeness (QED) is 0.592. The zero-order valence-corrected chi connectivity index (χ0v) is 13.9. The highest BCUT2D eigenvalue weighted by Gasteiger charge is 2.32. The van der Waals surface area contributed by atoms with Crippen molar-refractivity contribution in [3.8, 4) is 0 Å². The number of hydroxylamine groups is 2. The number of amides is 2. The number of nitrogens with zero attached hydrogens (tertiary/aromatic N) is 1. The number of carbonyl (C=O) groups is 3. The number of carbonyl (C=O) groups excluding carboxylic acids is 3. The fourth-order valence-electron chi connectivity index (χ4n) is 1.01. The van der Waals surface area contributed by atoms with Gasteiger partial charge in [-0.15, -0.1) is 31.8 Å². The summed E-state index contributed by atoms with van der Waals surface area (Å²) in [6.07, 6.45) is 1.13. The molecule has 98 valence electrons. The van der Waals surface area contributed by atoms with Crippen molar-refractivity contribution in [1.29, 1.82) is 0 Å². The molecule has 1 aliphatic heterocycles. The Morgan fingerprint density at radius 2 is 1.71 bits per heavy atom. The summed E-state index contributed by atoms with van der Waals surface area (Å²) >= 11 is 0. The van der Waals surface area contributed by atoms with Crippen molar-refractivity contribution in [2.24, 2.45) is 0 Å². The third kappa shape index (κ3) is 8.11. The maximum atomic E-state index is 11.0. The zero-order chi connectivity index (χ0) is 13.4. The first-order valence-electron chi connectivity index (χ1n) is 4.99. The van der Waals surface area contributed by atoms with E-state index in [1.165, 1.54) is 0 Å². The lowest BCUT2D eigenvalue weighted by Crippen LogP contribution is -2.31. The van der Waals surface area contributed by atoms with Crippen LogP contribution in [0.2, 0.25) is 0 Å². The fourth-order valence-corrected chi connectivity index (χ4v) is 1.01. The molecule has 9 heteroatoms. The monoisotopic (exact) mass is 315 g/mol. The third-order valence-electron chi connectivity index (χ3n) is 1.65. The maximum Gasteiger partial charge on any atom is 0.333 e. The van der Waals surface area contributed by atoms with E-state index in [0.717, 1.165) is 0 Å². The predicted octanol–water partition coefficient (Wildman–Crippen LogP) is 2.23. The van der Waals surface area contributed by atoms with Crippen LogP contribution >= 0.6 is 33.8 Å². The molecule has 1 aliphatic rings. The number of hydrogen-bond acceptors (Lipinski definition) is 4. The van der Waals surface area contributed by atoms with Gasteiger partial charge in [-0.05, 0) is 13.4 Å². The van der Waals surface area contributed by atoms with Crippen LogP contribution in [0.15, 0.2) is 0 Å². The van der Waals surface area contributed by atoms with Gasteiger partial charge in [0.1, 0.15) is 0 Å². The Hall–Kier alpha value is 0.330. The molecule has 0 radical (unpaired) electrons. The highest BCUT2D eigenvalue weighted by Crippen LogP contribution is 2.59. The second kappa shape index (κ2) is 9.29. The average Bonchev–Trinajstić information content (AvgIpc) is 2.49. The van der Waals surface area contributed by atoms with Gasteiger partial charge in [0.2, 0.25) is 0 Å². The normalized spacial score (nSPS) is 14.8.